The van der Waals surface area contributed by atoms with Gasteiger partial charge >= 0.3 is 6.03 Å². The normalized spacial score (nSPS) is 15.9. The number of aliphatic hydroxyl groups excluding tert-OH is 1. The number of aromatic nitrogens is 1. The van der Waals surface area contributed by atoms with E-state index in [1.807, 2.05) is 70.3 Å². The van der Waals surface area contributed by atoms with Crippen molar-refractivity contribution in [3.05, 3.63) is 74.7 Å². The first-order valence-electron chi connectivity index (χ1n) is 16.1. The Bertz CT molecular complexity index is 1680. The lowest BCUT2D eigenvalue weighted by Crippen LogP contribution is -2.57. The smallest absolute Gasteiger partial charge is 0.321 e. The molecule has 1 fully saturated rings. The van der Waals surface area contributed by atoms with E-state index in [2.05, 4.69) is 10.3 Å². The van der Waals surface area contributed by atoms with E-state index >= 15 is 0 Å². The van der Waals surface area contributed by atoms with Crippen LogP contribution in [0.5, 0.6) is 5.75 Å². The van der Waals surface area contributed by atoms with Gasteiger partial charge in [-0.25, -0.2) is 18.2 Å². The van der Waals surface area contributed by atoms with Gasteiger partial charge in [0.05, 0.1) is 34.4 Å². The van der Waals surface area contributed by atoms with Crippen LogP contribution in [0.2, 0.25) is 5.02 Å². The van der Waals surface area contributed by atoms with Crippen LogP contribution in [0.15, 0.2) is 52.7 Å². The Morgan fingerprint density at radius 3 is 2.40 bits per heavy atom. The number of hydrogen-bond donors (Lipinski definition) is 3. The highest BCUT2D eigenvalue weighted by molar-refractivity contribution is 7.89. The van der Waals surface area contributed by atoms with Crippen LogP contribution in [0.3, 0.4) is 0 Å². The summed E-state index contributed by atoms with van der Waals surface area (Å²) in [7, 11) is -4.22. The Kier molecular flexibility index (Phi) is 12.5. The van der Waals surface area contributed by atoms with E-state index in [1.54, 1.807) is 16.7 Å². The van der Waals surface area contributed by atoms with Crippen LogP contribution in [0, 0.1) is 25.7 Å². The number of aliphatic hydroxyl groups is 1. The number of nitrogens with one attached hydrogen (secondary N) is 1. The molecule has 3 aromatic rings. The second kappa shape index (κ2) is 16.0. The van der Waals surface area contributed by atoms with E-state index in [1.165, 1.54) is 27.8 Å². The molecule has 1 aliphatic rings. The lowest BCUT2D eigenvalue weighted by molar-refractivity contribution is -0.128. The molecular weight excluding hydrogens is 674 g/mol. The van der Waals surface area contributed by atoms with Crippen molar-refractivity contribution in [2.24, 2.45) is 11.8 Å². The van der Waals surface area contributed by atoms with E-state index in [0.717, 1.165) is 16.3 Å². The van der Waals surface area contributed by atoms with Crippen molar-refractivity contribution in [1.82, 2.24) is 24.4 Å². The number of amides is 3. The predicted octanol–water partition coefficient (Wildman–Crippen LogP) is 4.82. The monoisotopic (exact) mass is 719 g/mol. The molecule has 14 heteroatoms. The van der Waals surface area contributed by atoms with Crippen LogP contribution in [0.4, 0.5) is 4.79 Å². The molecule has 2 heterocycles. The van der Waals surface area contributed by atoms with Gasteiger partial charge in [-0.2, -0.15) is 4.31 Å². The molecule has 1 saturated heterocycles. The molecule has 1 aliphatic heterocycles. The van der Waals surface area contributed by atoms with Gasteiger partial charge in [-0.15, -0.1) is 11.3 Å². The van der Waals surface area contributed by atoms with Crippen molar-refractivity contribution < 1.29 is 28.2 Å². The van der Waals surface area contributed by atoms with Crippen LogP contribution in [-0.2, 0) is 27.8 Å². The number of rotatable bonds is 15. The molecule has 0 bridgehead atoms. The highest BCUT2D eigenvalue weighted by Gasteiger charge is 2.41. The summed E-state index contributed by atoms with van der Waals surface area (Å²) in [5.41, 5.74) is 1.98. The van der Waals surface area contributed by atoms with E-state index in [4.69, 9.17) is 11.6 Å². The first kappa shape index (κ1) is 37.6. The molecule has 3 N–H and O–H groups in total. The fraction of sp³-hybridized carbons (Fsp3) is 0.500. The molecule has 1 aromatic heterocycles. The number of sulfonamides is 1. The SMILES string of the molecule is Cc1nc(CN2CCN(C(C(=O)N[C@@H](Cc3ccccc3)[C@H](O)CN(CC(C)C)S(=O)(=O)c3cc(C)c(O)cc3Cl)C(C)C)C2=O)cs1. The average Bonchev–Trinajstić information content (AvgIpc) is 3.58. The summed E-state index contributed by atoms with van der Waals surface area (Å²) in [6.07, 6.45) is -1.11. The minimum absolute atomic E-state index is 0.0763. The largest absolute Gasteiger partial charge is 0.508 e. The van der Waals surface area contributed by atoms with Gasteiger partial charge in [0.1, 0.15) is 16.7 Å². The quantitative estimate of drug-likeness (QED) is 0.205. The molecule has 11 nitrogen and oxygen atoms in total. The highest BCUT2D eigenvalue weighted by atomic mass is 35.5. The van der Waals surface area contributed by atoms with Gasteiger partial charge in [0.25, 0.3) is 0 Å². The van der Waals surface area contributed by atoms with Crippen molar-refractivity contribution in [3.8, 4) is 5.75 Å². The van der Waals surface area contributed by atoms with Gasteiger partial charge in [0.15, 0.2) is 0 Å². The lowest BCUT2D eigenvalue weighted by Gasteiger charge is -2.34. The van der Waals surface area contributed by atoms with Gasteiger partial charge in [-0.05, 0) is 49.3 Å². The number of nitrogens with zero attached hydrogens (tertiary/aromatic N) is 4. The first-order chi connectivity index (χ1) is 22.6. The summed E-state index contributed by atoms with van der Waals surface area (Å²) in [4.78, 5) is 35.1. The molecule has 3 atom stereocenters. The molecule has 1 unspecified atom stereocenters. The fourth-order valence-corrected chi connectivity index (χ4v) is 8.71. The molecule has 0 spiro atoms. The third-order valence-corrected chi connectivity index (χ3v) is 11.4. The molecule has 3 amide bonds. The standard InChI is InChI=1S/C34H46ClN5O6S2/c1-21(2)17-39(48(45,46)31-14-23(5)29(41)16-27(31)35)19-30(42)28(15-25-10-8-7-9-11-25)37-33(43)32(22(3)4)40-13-12-38(34(40)44)18-26-20-47-24(6)36-26/h7-11,14,16,20-22,28,30,32,41-42H,12-13,15,17-19H2,1-6H3,(H,37,43)/t28-,30+,32?/m0/s1. The van der Waals surface area contributed by atoms with E-state index in [-0.39, 0.29) is 53.0 Å². The molecule has 4 rings (SSSR count). The Labute approximate surface area is 292 Å². The second-order valence-electron chi connectivity index (χ2n) is 13.1. The maximum absolute atomic E-state index is 14.1. The minimum atomic E-state index is -4.22. The maximum Gasteiger partial charge on any atom is 0.321 e. The van der Waals surface area contributed by atoms with Crippen LogP contribution in [0.1, 0.15) is 49.5 Å². The Balaban J connectivity index is 1.60. The number of hydrogen-bond acceptors (Lipinski definition) is 8. The minimum Gasteiger partial charge on any atom is -0.508 e. The number of aromatic hydroxyl groups is 1. The van der Waals surface area contributed by atoms with Crippen molar-refractivity contribution in [1.29, 1.82) is 0 Å². The summed E-state index contributed by atoms with van der Waals surface area (Å²) in [5, 5.41) is 27.5. The summed E-state index contributed by atoms with van der Waals surface area (Å²) >= 11 is 7.83. The zero-order valence-corrected chi connectivity index (χ0v) is 30.6. The van der Waals surface area contributed by atoms with Crippen LogP contribution < -0.4 is 5.32 Å². The summed E-state index contributed by atoms with van der Waals surface area (Å²) < 4.78 is 29.1. The molecule has 2 aromatic carbocycles. The molecular formula is C34H46ClN5O6S2. The number of urea groups is 1. The topological polar surface area (TPSA) is 143 Å². The lowest BCUT2D eigenvalue weighted by atomic mass is 9.97. The summed E-state index contributed by atoms with van der Waals surface area (Å²) in [6, 6.07) is 9.84. The number of halogens is 1. The van der Waals surface area contributed by atoms with Gasteiger partial charge in [0.2, 0.25) is 15.9 Å². The van der Waals surface area contributed by atoms with Gasteiger partial charge in [-0.1, -0.05) is 69.6 Å². The van der Waals surface area contributed by atoms with Gasteiger partial charge in [0, 0.05) is 37.6 Å². The number of aryl methyl sites for hydroxylation is 2. The average molecular weight is 720 g/mol. The van der Waals surface area contributed by atoms with Crippen LogP contribution in [-0.4, -0.2) is 94.0 Å². The molecule has 0 radical (unpaired) electrons. The molecule has 0 aliphatic carbocycles. The first-order valence-corrected chi connectivity index (χ1v) is 18.8. The van der Waals surface area contributed by atoms with Gasteiger partial charge < -0.3 is 25.3 Å². The fourth-order valence-electron chi connectivity index (χ4n) is 5.90. The maximum atomic E-state index is 14.1. The highest BCUT2D eigenvalue weighted by Crippen LogP contribution is 2.32. The zero-order chi connectivity index (χ0) is 35.3. The number of benzene rings is 2. The third-order valence-electron chi connectivity index (χ3n) is 8.30. The Hall–Kier alpha value is -3.23. The van der Waals surface area contributed by atoms with E-state index in [9.17, 15) is 28.2 Å². The van der Waals surface area contributed by atoms with Crippen molar-refractivity contribution >= 4 is 44.9 Å². The van der Waals surface area contributed by atoms with Crippen LogP contribution in [0.25, 0.3) is 0 Å². The summed E-state index contributed by atoms with van der Waals surface area (Å²) in [5.74, 6) is -0.908. The zero-order valence-electron chi connectivity index (χ0n) is 28.3. The number of phenolic OH excluding ortho intramolecular Hbond substituents is 1. The number of phenols is 1. The Morgan fingerprint density at radius 2 is 1.79 bits per heavy atom. The van der Waals surface area contributed by atoms with Crippen molar-refractivity contribution in [2.45, 2.75) is 77.6 Å². The van der Waals surface area contributed by atoms with Crippen LogP contribution >= 0.6 is 22.9 Å². The van der Waals surface area contributed by atoms with Crippen molar-refractivity contribution in [3.63, 3.8) is 0 Å². The second-order valence-corrected chi connectivity index (χ2v) is 16.5. The van der Waals surface area contributed by atoms with E-state index in [0.29, 0.717) is 25.2 Å². The van der Waals surface area contributed by atoms with E-state index < -0.39 is 34.1 Å². The van der Waals surface area contributed by atoms with Gasteiger partial charge in [-0.3, -0.25) is 4.79 Å². The number of thiazole rings is 1. The number of carbonyl (C=O) groups excluding carboxylic acids is 2. The molecule has 48 heavy (non-hydrogen) atoms. The molecule has 262 valence electrons. The predicted molar refractivity (Wildman–Crippen MR) is 188 cm³/mol. The summed E-state index contributed by atoms with van der Waals surface area (Å²) in [6.45, 7) is 11.9. The molecule has 0 saturated carbocycles. The number of carbonyl (C=O) groups is 2. The van der Waals surface area contributed by atoms with Crippen molar-refractivity contribution in [2.75, 3.05) is 26.2 Å². The Morgan fingerprint density at radius 1 is 1.10 bits per heavy atom. The third kappa shape index (κ3) is 9.06.